The van der Waals surface area contributed by atoms with Crippen molar-refractivity contribution in [3.8, 4) is 5.75 Å². The summed E-state index contributed by atoms with van der Waals surface area (Å²) in [6, 6.07) is 3.68. The molecule has 1 atom stereocenters. The minimum Gasteiger partial charge on any atom is -0.505 e. The second kappa shape index (κ2) is 7.94. The van der Waals surface area contributed by atoms with E-state index in [1.807, 2.05) is 0 Å². The summed E-state index contributed by atoms with van der Waals surface area (Å²) in [4.78, 5) is 25.6. The van der Waals surface area contributed by atoms with Gasteiger partial charge in [0.1, 0.15) is 0 Å². The van der Waals surface area contributed by atoms with Crippen LogP contribution in [0.1, 0.15) is 50.6 Å². The summed E-state index contributed by atoms with van der Waals surface area (Å²) >= 11 is 0. The van der Waals surface area contributed by atoms with E-state index < -0.39 is 11.6 Å². The molecule has 0 unspecified atom stereocenters. The van der Waals surface area contributed by atoms with Crippen molar-refractivity contribution in [2.75, 3.05) is 13.1 Å². The zero-order valence-electron chi connectivity index (χ0n) is 13.3. The zero-order valence-corrected chi connectivity index (χ0v) is 13.3. The molecule has 1 aliphatic rings. The number of phenols is 1. The Labute approximate surface area is 135 Å². The summed E-state index contributed by atoms with van der Waals surface area (Å²) in [7, 11) is 0. The number of carbonyl (C=O) groups is 2. The van der Waals surface area contributed by atoms with Crippen molar-refractivity contribution >= 4 is 11.8 Å². The number of likely N-dealkylation sites (tertiary alicyclic amines) is 1. The van der Waals surface area contributed by atoms with Crippen LogP contribution in [0.5, 0.6) is 5.75 Å². The van der Waals surface area contributed by atoms with E-state index in [2.05, 4.69) is 5.32 Å². The molecule has 0 spiro atoms. The molecule has 1 heterocycles. The molecule has 0 aliphatic carbocycles. The first-order chi connectivity index (χ1) is 11.0. The van der Waals surface area contributed by atoms with Crippen LogP contribution in [0.25, 0.3) is 0 Å². The van der Waals surface area contributed by atoms with Crippen LogP contribution in [0.2, 0.25) is 0 Å². The quantitative estimate of drug-likeness (QED) is 0.875. The largest absolute Gasteiger partial charge is 0.505 e. The van der Waals surface area contributed by atoms with Gasteiger partial charge in [-0.05, 0) is 37.5 Å². The Kier molecular flexibility index (Phi) is 5.96. The van der Waals surface area contributed by atoms with Gasteiger partial charge in [-0.3, -0.25) is 9.59 Å². The van der Waals surface area contributed by atoms with Crippen molar-refractivity contribution in [3.63, 3.8) is 0 Å². The van der Waals surface area contributed by atoms with Crippen molar-refractivity contribution in [2.45, 2.75) is 45.1 Å². The summed E-state index contributed by atoms with van der Waals surface area (Å²) in [6.07, 6.45) is 3.75. The van der Waals surface area contributed by atoms with Crippen LogP contribution in [0.15, 0.2) is 18.2 Å². The third-order valence-corrected chi connectivity index (χ3v) is 4.13. The number of rotatable bonds is 5. The summed E-state index contributed by atoms with van der Waals surface area (Å²) in [5.74, 6) is -1.18. The average Bonchev–Trinajstić information content (AvgIpc) is 2.72. The highest BCUT2D eigenvalue weighted by molar-refractivity contribution is 5.79. The van der Waals surface area contributed by atoms with Crippen LogP contribution in [-0.2, 0) is 9.59 Å². The number of nitrogens with zero attached hydrogens (tertiary/aromatic N) is 1. The maximum Gasteiger partial charge on any atom is 0.222 e. The molecular weight excluding hydrogens is 299 g/mol. The van der Waals surface area contributed by atoms with Crippen molar-refractivity contribution < 1.29 is 19.1 Å². The second-order valence-corrected chi connectivity index (χ2v) is 5.94. The third-order valence-electron chi connectivity index (χ3n) is 4.13. The molecule has 2 rings (SSSR count). The van der Waals surface area contributed by atoms with Gasteiger partial charge in [0.2, 0.25) is 11.8 Å². The van der Waals surface area contributed by atoms with Gasteiger partial charge in [0.15, 0.2) is 11.6 Å². The maximum atomic E-state index is 13.3. The Morgan fingerprint density at radius 2 is 2.17 bits per heavy atom. The topological polar surface area (TPSA) is 69.6 Å². The first-order valence-corrected chi connectivity index (χ1v) is 8.03. The normalized spacial score (nSPS) is 16.8. The van der Waals surface area contributed by atoms with Crippen LogP contribution in [0.4, 0.5) is 4.39 Å². The summed E-state index contributed by atoms with van der Waals surface area (Å²) in [5, 5.41) is 12.0. The molecule has 0 bridgehead atoms. The molecule has 5 nitrogen and oxygen atoms in total. The molecule has 23 heavy (non-hydrogen) atoms. The predicted octanol–water partition coefficient (Wildman–Crippen LogP) is 2.50. The monoisotopic (exact) mass is 322 g/mol. The molecule has 1 aliphatic heterocycles. The molecular formula is C17H23FN2O3. The standard InChI is InChI=1S/C17H23FN2O3/c1-12(13-6-7-15(21)14(18)11-13)19-16(22)8-10-20-9-4-2-3-5-17(20)23/h6-7,11-12,21H,2-5,8-10H2,1H3,(H,19,22)/t12-/m0/s1. The molecule has 0 aromatic heterocycles. The van der Waals surface area contributed by atoms with Gasteiger partial charge in [0, 0.05) is 25.9 Å². The molecule has 1 fully saturated rings. The van der Waals surface area contributed by atoms with Crippen LogP contribution in [0.3, 0.4) is 0 Å². The van der Waals surface area contributed by atoms with Gasteiger partial charge in [-0.15, -0.1) is 0 Å². The lowest BCUT2D eigenvalue weighted by Crippen LogP contribution is -2.35. The lowest BCUT2D eigenvalue weighted by atomic mass is 10.1. The number of benzene rings is 1. The van der Waals surface area contributed by atoms with Crippen LogP contribution >= 0.6 is 0 Å². The van der Waals surface area contributed by atoms with Crippen molar-refractivity contribution in [2.24, 2.45) is 0 Å². The highest BCUT2D eigenvalue weighted by atomic mass is 19.1. The highest BCUT2D eigenvalue weighted by Crippen LogP contribution is 2.20. The Morgan fingerprint density at radius 1 is 1.39 bits per heavy atom. The van der Waals surface area contributed by atoms with Gasteiger partial charge >= 0.3 is 0 Å². The van der Waals surface area contributed by atoms with Crippen molar-refractivity contribution in [1.82, 2.24) is 10.2 Å². The number of nitrogens with one attached hydrogen (secondary N) is 1. The predicted molar refractivity (Wildman–Crippen MR) is 84.3 cm³/mol. The maximum absolute atomic E-state index is 13.3. The lowest BCUT2D eigenvalue weighted by molar-refractivity contribution is -0.131. The van der Waals surface area contributed by atoms with E-state index in [4.69, 9.17) is 0 Å². The molecule has 0 radical (unpaired) electrons. The highest BCUT2D eigenvalue weighted by Gasteiger charge is 2.18. The van der Waals surface area contributed by atoms with E-state index in [0.29, 0.717) is 25.1 Å². The molecule has 6 heteroatoms. The number of hydrogen-bond donors (Lipinski definition) is 2. The van der Waals surface area contributed by atoms with Gasteiger partial charge in [0.05, 0.1) is 6.04 Å². The summed E-state index contributed by atoms with van der Waals surface area (Å²) < 4.78 is 13.3. The molecule has 1 saturated heterocycles. The number of hydrogen-bond acceptors (Lipinski definition) is 3. The van der Waals surface area contributed by atoms with E-state index in [-0.39, 0.29) is 24.3 Å². The molecule has 1 aromatic carbocycles. The van der Waals surface area contributed by atoms with Crippen LogP contribution in [0, 0.1) is 5.82 Å². The van der Waals surface area contributed by atoms with Crippen LogP contribution in [-0.4, -0.2) is 34.9 Å². The number of halogens is 1. The van der Waals surface area contributed by atoms with Crippen molar-refractivity contribution in [1.29, 1.82) is 0 Å². The first kappa shape index (κ1) is 17.2. The number of phenolic OH excluding ortho intramolecular Hbond substituents is 1. The fourth-order valence-corrected chi connectivity index (χ4v) is 2.70. The minimum atomic E-state index is -0.709. The zero-order chi connectivity index (χ0) is 16.8. The smallest absolute Gasteiger partial charge is 0.222 e. The lowest BCUT2D eigenvalue weighted by Gasteiger charge is -2.21. The van der Waals surface area contributed by atoms with Gasteiger partial charge in [-0.2, -0.15) is 0 Å². The van der Waals surface area contributed by atoms with E-state index in [9.17, 15) is 19.1 Å². The summed E-state index contributed by atoms with van der Waals surface area (Å²) in [6.45, 7) is 2.88. The van der Waals surface area contributed by atoms with Crippen LogP contribution < -0.4 is 5.32 Å². The number of aromatic hydroxyl groups is 1. The van der Waals surface area contributed by atoms with Gasteiger partial charge in [-0.25, -0.2) is 4.39 Å². The Hall–Kier alpha value is -2.11. The third kappa shape index (κ3) is 4.94. The number of amides is 2. The second-order valence-electron chi connectivity index (χ2n) is 5.94. The SMILES string of the molecule is C[C@H](NC(=O)CCN1CCCCCC1=O)c1ccc(O)c(F)c1. The minimum absolute atomic E-state index is 0.115. The Morgan fingerprint density at radius 3 is 2.91 bits per heavy atom. The fourth-order valence-electron chi connectivity index (χ4n) is 2.70. The van der Waals surface area contributed by atoms with Gasteiger partial charge < -0.3 is 15.3 Å². The van der Waals surface area contributed by atoms with Crippen molar-refractivity contribution in [3.05, 3.63) is 29.6 Å². The van der Waals surface area contributed by atoms with E-state index in [1.165, 1.54) is 12.1 Å². The van der Waals surface area contributed by atoms with Gasteiger partial charge in [-0.1, -0.05) is 12.5 Å². The number of carbonyl (C=O) groups excluding carboxylic acids is 2. The molecule has 0 saturated carbocycles. The molecule has 2 N–H and O–H groups in total. The first-order valence-electron chi connectivity index (χ1n) is 8.03. The van der Waals surface area contributed by atoms with E-state index in [1.54, 1.807) is 17.9 Å². The van der Waals surface area contributed by atoms with E-state index >= 15 is 0 Å². The Bertz CT molecular complexity index is 577. The molecule has 2 amide bonds. The fraction of sp³-hybridized carbons (Fsp3) is 0.529. The molecule has 1 aromatic rings. The van der Waals surface area contributed by atoms with Gasteiger partial charge in [0.25, 0.3) is 0 Å². The molecule has 126 valence electrons. The average molecular weight is 322 g/mol. The van der Waals surface area contributed by atoms with E-state index in [0.717, 1.165) is 19.3 Å². The Balaban J connectivity index is 1.83. The summed E-state index contributed by atoms with van der Waals surface area (Å²) in [5.41, 5.74) is 0.583.